The summed E-state index contributed by atoms with van der Waals surface area (Å²) >= 11 is 0. The van der Waals surface area contributed by atoms with E-state index < -0.39 is 32.3 Å². The van der Waals surface area contributed by atoms with Gasteiger partial charge in [0.15, 0.2) is 5.75 Å². The number of para-hydroxylation sites is 1. The Morgan fingerprint density at radius 3 is 2.44 bits per heavy atom. The van der Waals surface area contributed by atoms with Crippen LogP contribution < -0.4 is 5.32 Å². The quantitative estimate of drug-likeness (QED) is 0.197. The van der Waals surface area contributed by atoms with Crippen LogP contribution in [0.4, 0.5) is 25.1 Å². The first-order chi connectivity index (χ1) is 16.8. The van der Waals surface area contributed by atoms with E-state index in [4.69, 9.17) is 0 Å². The third-order valence-corrected chi connectivity index (χ3v) is 6.49. The van der Waals surface area contributed by atoms with E-state index in [0.29, 0.717) is 17.4 Å². The van der Waals surface area contributed by atoms with Crippen LogP contribution in [0.15, 0.2) is 90.3 Å². The number of aromatic hydroxyl groups is 1. The van der Waals surface area contributed by atoms with Crippen molar-refractivity contribution in [3.8, 4) is 22.7 Å². The second-order valence-electron chi connectivity index (χ2n) is 7.87. The number of carbonyl (C=O) groups excluding carboxylic acids is 1. The maximum absolute atomic E-state index is 13.1. The third kappa shape index (κ3) is 4.35. The van der Waals surface area contributed by atoms with Gasteiger partial charge in [0.05, 0.1) is 17.1 Å². The summed E-state index contributed by atoms with van der Waals surface area (Å²) in [5.74, 6) is -1.50. The molecular formula is C23H16F5N5O2S. The molecule has 0 atom stereocenters. The summed E-state index contributed by atoms with van der Waals surface area (Å²) in [5.41, 5.74) is 1.42. The minimum absolute atomic E-state index is 0.0829. The van der Waals surface area contributed by atoms with Gasteiger partial charge in [0.2, 0.25) is 0 Å². The van der Waals surface area contributed by atoms with E-state index in [1.54, 1.807) is 52.1 Å². The summed E-state index contributed by atoms with van der Waals surface area (Å²) in [4.78, 5) is 14.5. The van der Waals surface area contributed by atoms with Gasteiger partial charge in [-0.1, -0.05) is 31.6 Å². The molecule has 2 N–H and O–H groups in total. The molecule has 5 rings (SSSR count). The Morgan fingerprint density at radius 2 is 1.72 bits per heavy atom. The Kier molecular flexibility index (Phi) is 4.74. The van der Waals surface area contributed by atoms with E-state index in [1.807, 2.05) is 6.07 Å². The minimum Gasteiger partial charge on any atom is -0.504 e. The topological polar surface area (TPSA) is 84.5 Å². The van der Waals surface area contributed by atoms with Crippen molar-refractivity contribution in [3.05, 3.63) is 91.0 Å². The molecule has 3 aromatic heterocycles. The number of benzene rings is 2. The number of amides is 1. The first-order valence-corrected chi connectivity index (χ1v) is 12.2. The second kappa shape index (κ2) is 7.31. The molecule has 0 unspecified atom stereocenters. The molecule has 0 spiro atoms. The molecule has 0 radical (unpaired) electrons. The Labute approximate surface area is 200 Å². The third-order valence-electron chi connectivity index (χ3n) is 5.34. The van der Waals surface area contributed by atoms with Crippen LogP contribution in [0.1, 0.15) is 10.4 Å². The number of imidazole rings is 1. The van der Waals surface area contributed by atoms with E-state index in [1.165, 1.54) is 12.1 Å². The van der Waals surface area contributed by atoms with Crippen LogP contribution in [-0.4, -0.2) is 30.2 Å². The molecule has 5 aromatic rings. The lowest BCUT2D eigenvalue weighted by molar-refractivity contribution is 0.102. The number of hydrogen-bond acceptors (Lipinski definition) is 4. The number of phenols is 1. The Balaban J connectivity index is 1.48. The molecule has 0 saturated carbocycles. The molecule has 0 fully saturated rings. The summed E-state index contributed by atoms with van der Waals surface area (Å²) in [6.07, 6.45) is 6.54. The van der Waals surface area contributed by atoms with Gasteiger partial charge in [0.25, 0.3) is 5.91 Å². The largest absolute Gasteiger partial charge is 0.504 e. The maximum atomic E-state index is 13.1. The molecule has 0 bridgehead atoms. The molecule has 13 heteroatoms. The maximum Gasteiger partial charge on any atom is 0.310 e. The molecule has 36 heavy (non-hydrogen) atoms. The SMILES string of the molecule is O=C(Nc1cccc(-n2ccn3nc(-c4cccnc4)cc23)c1O)c1cccc(S(F)(F)(F)(F)F)c1. The van der Waals surface area contributed by atoms with Crippen LogP contribution in [0.3, 0.4) is 0 Å². The predicted octanol–water partition coefficient (Wildman–Crippen LogP) is 6.80. The van der Waals surface area contributed by atoms with E-state index in [2.05, 4.69) is 15.4 Å². The van der Waals surface area contributed by atoms with Gasteiger partial charge in [-0.3, -0.25) is 14.3 Å². The normalized spacial score (nSPS) is 13.8. The smallest absolute Gasteiger partial charge is 0.310 e. The van der Waals surface area contributed by atoms with Crippen molar-refractivity contribution in [3.63, 3.8) is 0 Å². The number of fused-ring (bicyclic) bond motifs is 1. The van der Waals surface area contributed by atoms with Crippen molar-refractivity contribution in [2.24, 2.45) is 0 Å². The number of halogens is 5. The molecule has 2 aromatic carbocycles. The van der Waals surface area contributed by atoms with Crippen LogP contribution in [0.25, 0.3) is 22.6 Å². The van der Waals surface area contributed by atoms with Crippen molar-refractivity contribution in [1.82, 2.24) is 19.2 Å². The van der Waals surface area contributed by atoms with Crippen molar-refractivity contribution in [2.45, 2.75) is 4.90 Å². The molecule has 3 heterocycles. The van der Waals surface area contributed by atoms with Gasteiger partial charge >= 0.3 is 10.2 Å². The highest BCUT2D eigenvalue weighted by molar-refractivity contribution is 8.45. The summed E-state index contributed by atoms with van der Waals surface area (Å²) in [6.45, 7) is 0. The fourth-order valence-electron chi connectivity index (χ4n) is 3.64. The summed E-state index contributed by atoms with van der Waals surface area (Å²) in [7, 11) is -9.97. The Bertz CT molecular complexity index is 1630. The van der Waals surface area contributed by atoms with Crippen molar-refractivity contribution in [1.29, 1.82) is 0 Å². The zero-order valence-electron chi connectivity index (χ0n) is 18.0. The minimum atomic E-state index is -9.97. The number of nitrogens with one attached hydrogen (secondary N) is 1. The zero-order chi connectivity index (χ0) is 25.8. The number of anilines is 1. The van der Waals surface area contributed by atoms with E-state index in [-0.39, 0.29) is 23.5 Å². The standard InChI is InChI=1S/C23H16F5N5O2S/c24-36(25,26,27,28)17-6-1-4-15(12-17)23(35)30-18-7-2-8-20(22(18)34)32-10-11-33-21(32)13-19(31-33)16-5-3-9-29-14-16/h1-14,34H,(H,30,35). The first kappa shape index (κ1) is 23.4. The summed E-state index contributed by atoms with van der Waals surface area (Å²) < 4.78 is 68.9. The molecule has 0 saturated heterocycles. The van der Waals surface area contributed by atoms with Crippen molar-refractivity contribution >= 4 is 27.5 Å². The monoisotopic (exact) mass is 521 g/mol. The van der Waals surface area contributed by atoms with E-state index in [9.17, 15) is 29.3 Å². The molecule has 1 amide bonds. The number of pyridine rings is 1. The number of phenolic OH excluding ortho intramolecular Hbond substituents is 1. The molecule has 0 aliphatic carbocycles. The van der Waals surface area contributed by atoms with Gasteiger partial charge in [-0.15, -0.1) is 0 Å². The molecule has 186 valence electrons. The fourth-order valence-corrected chi connectivity index (χ4v) is 4.32. The summed E-state index contributed by atoms with van der Waals surface area (Å²) in [6, 6.07) is 11.7. The number of hydrogen-bond donors (Lipinski definition) is 2. The second-order valence-corrected chi connectivity index (χ2v) is 10.3. The van der Waals surface area contributed by atoms with Crippen molar-refractivity contribution < 1.29 is 29.3 Å². The highest BCUT2D eigenvalue weighted by Crippen LogP contribution is 3.02. The van der Waals surface area contributed by atoms with Gasteiger partial charge in [-0.05, 0) is 42.5 Å². The zero-order valence-corrected chi connectivity index (χ0v) is 18.8. The van der Waals surface area contributed by atoms with Crippen LogP contribution in [0.5, 0.6) is 5.75 Å². The highest BCUT2D eigenvalue weighted by atomic mass is 32.5. The van der Waals surface area contributed by atoms with Gasteiger partial charge < -0.3 is 10.4 Å². The van der Waals surface area contributed by atoms with Crippen LogP contribution in [-0.2, 0) is 0 Å². The molecule has 0 aliphatic heterocycles. The number of carbonyl (C=O) groups is 1. The fraction of sp³-hybridized carbons (Fsp3) is 0. The Morgan fingerprint density at radius 1 is 0.944 bits per heavy atom. The first-order valence-electron chi connectivity index (χ1n) is 10.3. The average Bonchev–Trinajstić information content (AvgIpc) is 3.41. The highest BCUT2D eigenvalue weighted by Gasteiger charge is 2.65. The lowest BCUT2D eigenvalue weighted by Gasteiger charge is -2.40. The summed E-state index contributed by atoms with van der Waals surface area (Å²) in [5, 5.41) is 17.6. The van der Waals surface area contributed by atoms with Gasteiger partial charge in [-0.2, -0.15) is 5.10 Å². The lowest BCUT2D eigenvalue weighted by Crippen LogP contribution is -2.14. The number of nitrogens with zero attached hydrogens (tertiary/aromatic N) is 4. The molecule has 0 aliphatic rings. The average molecular weight is 521 g/mol. The Hall–Kier alpha value is -4.39. The van der Waals surface area contributed by atoms with Gasteiger partial charge in [-0.25, -0.2) is 4.52 Å². The van der Waals surface area contributed by atoms with Crippen molar-refractivity contribution in [2.75, 3.05) is 5.32 Å². The number of rotatable bonds is 5. The van der Waals surface area contributed by atoms with Crippen LogP contribution in [0, 0.1) is 0 Å². The predicted molar refractivity (Wildman–Crippen MR) is 125 cm³/mol. The number of aromatic nitrogens is 4. The molecular weight excluding hydrogens is 505 g/mol. The van der Waals surface area contributed by atoms with E-state index in [0.717, 1.165) is 11.6 Å². The lowest BCUT2D eigenvalue weighted by atomic mass is 10.2. The van der Waals surface area contributed by atoms with Crippen LogP contribution in [0.2, 0.25) is 0 Å². The van der Waals surface area contributed by atoms with Gasteiger partial charge in [0, 0.05) is 42.0 Å². The van der Waals surface area contributed by atoms with Crippen LogP contribution >= 0.6 is 10.2 Å². The van der Waals surface area contributed by atoms with Gasteiger partial charge in [0.1, 0.15) is 10.5 Å². The molecule has 7 nitrogen and oxygen atoms in total. The van der Waals surface area contributed by atoms with E-state index >= 15 is 0 Å².